The van der Waals surface area contributed by atoms with Gasteiger partial charge in [0.05, 0.1) is 24.3 Å². The highest BCUT2D eigenvalue weighted by molar-refractivity contribution is 5.21. The number of hydrogen-bond acceptors (Lipinski definition) is 6. The summed E-state index contributed by atoms with van der Waals surface area (Å²) in [6.07, 6.45) is 6.33. The zero-order valence-corrected chi connectivity index (χ0v) is 12.1. The summed E-state index contributed by atoms with van der Waals surface area (Å²) in [5.41, 5.74) is 0.596. The van der Waals surface area contributed by atoms with E-state index in [0.29, 0.717) is 11.5 Å². The second kappa shape index (κ2) is 6.06. The molecule has 1 saturated heterocycles. The van der Waals surface area contributed by atoms with E-state index in [2.05, 4.69) is 26.2 Å². The molecule has 0 spiro atoms. The van der Waals surface area contributed by atoms with Crippen LogP contribution < -0.4 is 0 Å². The highest BCUT2D eigenvalue weighted by atomic mass is 16.5. The van der Waals surface area contributed by atoms with E-state index in [1.165, 1.54) is 0 Å². The molecule has 1 fully saturated rings. The minimum atomic E-state index is 0.236. The fourth-order valence-corrected chi connectivity index (χ4v) is 2.71. The molecule has 0 aliphatic carbocycles. The Labute approximate surface area is 123 Å². The lowest BCUT2D eigenvalue weighted by Gasteiger charge is -2.21. The molecule has 2 aromatic rings. The van der Waals surface area contributed by atoms with Gasteiger partial charge in [-0.2, -0.15) is 15.3 Å². The van der Waals surface area contributed by atoms with E-state index in [-0.39, 0.29) is 6.04 Å². The average molecular weight is 286 g/mol. The Bertz CT molecular complexity index is 640. The molecule has 1 aliphatic rings. The van der Waals surface area contributed by atoms with Crippen molar-refractivity contribution in [2.24, 2.45) is 0 Å². The molecule has 1 atom stereocenters. The number of nitrogens with zero attached hydrogens (tertiary/aromatic N) is 6. The maximum absolute atomic E-state index is 8.81. The second-order valence-electron chi connectivity index (χ2n) is 5.20. The van der Waals surface area contributed by atoms with Crippen LogP contribution in [0.25, 0.3) is 0 Å². The third-order valence-corrected chi connectivity index (χ3v) is 3.83. The van der Waals surface area contributed by atoms with Crippen LogP contribution in [0.5, 0.6) is 0 Å². The van der Waals surface area contributed by atoms with Gasteiger partial charge in [-0.25, -0.2) is 0 Å². The van der Waals surface area contributed by atoms with E-state index in [1.54, 1.807) is 12.4 Å². The quantitative estimate of drug-likeness (QED) is 0.829. The SMILES string of the molecule is CCc1nc([C@H]2CCCN2CCn2cc(C#N)cn2)no1. The van der Waals surface area contributed by atoms with Crippen LogP contribution in [0.4, 0.5) is 0 Å². The summed E-state index contributed by atoms with van der Waals surface area (Å²) in [7, 11) is 0. The van der Waals surface area contributed by atoms with Crippen molar-refractivity contribution in [1.29, 1.82) is 5.26 Å². The van der Waals surface area contributed by atoms with Crippen LogP contribution in [-0.4, -0.2) is 37.9 Å². The van der Waals surface area contributed by atoms with E-state index in [1.807, 2.05) is 11.6 Å². The highest BCUT2D eigenvalue weighted by Gasteiger charge is 2.29. The van der Waals surface area contributed by atoms with Crippen molar-refractivity contribution in [1.82, 2.24) is 24.8 Å². The summed E-state index contributed by atoms with van der Waals surface area (Å²) in [6, 6.07) is 2.33. The fraction of sp³-hybridized carbons (Fsp3) is 0.571. The molecule has 0 radical (unpaired) electrons. The molecule has 0 bridgehead atoms. The van der Waals surface area contributed by atoms with Crippen LogP contribution in [0.1, 0.15) is 43.1 Å². The molecule has 7 nitrogen and oxygen atoms in total. The predicted octanol–water partition coefficient (Wildman–Crippen LogP) is 1.54. The molecule has 2 aromatic heterocycles. The molecule has 0 aromatic carbocycles. The van der Waals surface area contributed by atoms with Crippen LogP contribution in [-0.2, 0) is 13.0 Å². The van der Waals surface area contributed by atoms with Crippen LogP contribution in [0.3, 0.4) is 0 Å². The largest absolute Gasteiger partial charge is 0.339 e. The van der Waals surface area contributed by atoms with Gasteiger partial charge < -0.3 is 4.52 Å². The number of hydrogen-bond donors (Lipinski definition) is 0. The van der Waals surface area contributed by atoms with Crippen LogP contribution in [0, 0.1) is 11.3 Å². The maximum Gasteiger partial charge on any atom is 0.226 e. The van der Waals surface area contributed by atoms with Gasteiger partial charge >= 0.3 is 0 Å². The van der Waals surface area contributed by atoms with Gasteiger partial charge in [-0.3, -0.25) is 9.58 Å². The molecule has 0 saturated carbocycles. The lowest BCUT2D eigenvalue weighted by molar-refractivity contribution is 0.230. The minimum Gasteiger partial charge on any atom is -0.339 e. The van der Waals surface area contributed by atoms with Crippen molar-refractivity contribution in [3.63, 3.8) is 0 Å². The summed E-state index contributed by atoms with van der Waals surface area (Å²) < 4.78 is 7.02. The lowest BCUT2D eigenvalue weighted by Crippen LogP contribution is -2.28. The topological polar surface area (TPSA) is 83.8 Å². The molecule has 3 rings (SSSR count). The standard InChI is InChI=1S/C14H18N6O/c1-2-13-17-14(18-21-13)12-4-3-5-19(12)6-7-20-10-11(8-15)9-16-20/h9-10,12H,2-7H2,1H3/t12-/m1/s1. The normalized spacial score (nSPS) is 19.0. The Balaban J connectivity index is 1.63. The first-order chi connectivity index (χ1) is 10.3. The van der Waals surface area contributed by atoms with Crippen molar-refractivity contribution < 1.29 is 4.52 Å². The Kier molecular flexibility index (Phi) is 3.97. The molecule has 0 amide bonds. The lowest BCUT2D eigenvalue weighted by atomic mass is 10.2. The van der Waals surface area contributed by atoms with Gasteiger partial charge in [-0.15, -0.1) is 0 Å². The van der Waals surface area contributed by atoms with E-state index < -0.39 is 0 Å². The van der Waals surface area contributed by atoms with Crippen molar-refractivity contribution in [2.75, 3.05) is 13.1 Å². The van der Waals surface area contributed by atoms with Gasteiger partial charge in [0, 0.05) is 19.2 Å². The third kappa shape index (κ3) is 2.95. The van der Waals surface area contributed by atoms with Crippen molar-refractivity contribution in [2.45, 2.75) is 38.8 Å². The number of rotatable bonds is 5. The van der Waals surface area contributed by atoms with E-state index in [0.717, 1.165) is 44.7 Å². The van der Waals surface area contributed by atoms with E-state index in [9.17, 15) is 0 Å². The Hall–Kier alpha value is -2.20. The number of nitriles is 1. The van der Waals surface area contributed by atoms with Crippen LogP contribution in [0.2, 0.25) is 0 Å². The molecule has 0 N–H and O–H groups in total. The first kappa shape index (κ1) is 13.8. The van der Waals surface area contributed by atoms with Crippen molar-refractivity contribution >= 4 is 0 Å². The maximum atomic E-state index is 8.81. The predicted molar refractivity (Wildman–Crippen MR) is 74.2 cm³/mol. The zero-order chi connectivity index (χ0) is 14.7. The van der Waals surface area contributed by atoms with E-state index in [4.69, 9.17) is 9.78 Å². The van der Waals surface area contributed by atoms with Crippen molar-refractivity contribution in [3.8, 4) is 6.07 Å². The Morgan fingerprint density at radius 3 is 3.10 bits per heavy atom. The first-order valence-electron chi connectivity index (χ1n) is 7.29. The number of likely N-dealkylation sites (tertiary alicyclic amines) is 1. The highest BCUT2D eigenvalue weighted by Crippen LogP contribution is 2.29. The van der Waals surface area contributed by atoms with Gasteiger partial charge in [-0.05, 0) is 19.4 Å². The van der Waals surface area contributed by atoms with Gasteiger partial charge in [0.2, 0.25) is 5.89 Å². The third-order valence-electron chi connectivity index (χ3n) is 3.83. The minimum absolute atomic E-state index is 0.236. The number of aryl methyl sites for hydroxylation is 1. The molecular weight excluding hydrogens is 268 g/mol. The van der Waals surface area contributed by atoms with Gasteiger partial charge in [0.1, 0.15) is 6.07 Å². The zero-order valence-electron chi connectivity index (χ0n) is 12.1. The summed E-state index contributed by atoms with van der Waals surface area (Å²) in [6.45, 7) is 4.67. The molecular formula is C14H18N6O. The summed E-state index contributed by atoms with van der Waals surface area (Å²) in [5.74, 6) is 1.49. The van der Waals surface area contributed by atoms with Gasteiger partial charge in [-0.1, -0.05) is 12.1 Å². The summed E-state index contributed by atoms with van der Waals surface area (Å²) in [4.78, 5) is 6.81. The molecule has 110 valence electrons. The van der Waals surface area contributed by atoms with Crippen LogP contribution in [0.15, 0.2) is 16.9 Å². The molecule has 21 heavy (non-hydrogen) atoms. The monoisotopic (exact) mass is 286 g/mol. The summed E-state index contributed by atoms with van der Waals surface area (Å²) >= 11 is 0. The van der Waals surface area contributed by atoms with Crippen molar-refractivity contribution in [3.05, 3.63) is 29.7 Å². The summed E-state index contributed by atoms with van der Waals surface area (Å²) in [5, 5.41) is 17.1. The fourth-order valence-electron chi connectivity index (χ4n) is 2.71. The van der Waals surface area contributed by atoms with Gasteiger partial charge in [0.15, 0.2) is 5.82 Å². The number of aromatic nitrogens is 4. The first-order valence-corrected chi connectivity index (χ1v) is 7.29. The van der Waals surface area contributed by atoms with Gasteiger partial charge in [0.25, 0.3) is 0 Å². The van der Waals surface area contributed by atoms with E-state index >= 15 is 0 Å². The molecule has 0 unspecified atom stereocenters. The molecule has 7 heteroatoms. The Morgan fingerprint density at radius 2 is 2.38 bits per heavy atom. The smallest absolute Gasteiger partial charge is 0.226 e. The molecule has 1 aliphatic heterocycles. The average Bonchev–Trinajstić information content (AvgIpc) is 3.23. The Morgan fingerprint density at radius 1 is 1.48 bits per heavy atom. The molecule has 3 heterocycles. The second-order valence-corrected chi connectivity index (χ2v) is 5.20. The van der Waals surface area contributed by atoms with Crippen LogP contribution >= 0.6 is 0 Å².